The lowest BCUT2D eigenvalue weighted by molar-refractivity contribution is -0.183. The molecule has 8 N–H and O–H groups in total. The molecule has 6 rings (SSSR count). The molecule has 3 aromatic rings. The number of carbonyl (C=O) groups excluding carboxylic acids is 4. The Bertz CT molecular complexity index is 2100. The smallest absolute Gasteiger partial charge is 0.340 e. The minimum absolute atomic E-state index is 0.0247. The Morgan fingerprint density at radius 1 is 1.10 bits per heavy atom. The number of aliphatic hydroxyl groups excluding tert-OH is 2. The maximum absolute atomic E-state index is 13.5. The Balaban J connectivity index is 0.884. The molecule has 1 aromatic carbocycles. The van der Waals surface area contributed by atoms with E-state index in [1.165, 1.54) is 10.9 Å². The number of hydrogen-bond donors (Lipinski definition) is 7. The van der Waals surface area contributed by atoms with Crippen LogP contribution in [0.15, 0.2) is 41.8 Å². The van der Waals surface area contributed by atoms with Gasteiger partial charge in [-0.25, -0.2) is 24.5 Å². The first kappa shape index (κ1) is 44.8. The molecule has 25 heteroatoms. The number of unbranched alkanes of at least 4 members (excludes halogenated alkanes) is 1. The van der Waals surface area contributed by atoms with Crippen molar-refractivity contribution >= 4 is 62.8 Å². The third-order valence-corrected chi connectivity index (χ3v) is 12.1. The summed E-state index contributed by atoms with van der Waals surface area (Å²) in [5.74, 6) is -1.28. The number of esters is 2. The minimum Gasteiger partial charge on any atom is -0.455 e. The van der Waals surface area contributed by atoms with E-state index >= 15 is 0 Å². The second-order valence-electron chi connectivity index (χ2n) is 13.9. The van der Waals surface area contributed by atoms with Crippen LogP contribution >= 0.6 is 11.8 Å². The highest BCUT2D eigenvalue weighted by Gasteiger charge is 2.52. The summed E-state index contributed by atoms with van der Waals surface area (Å²) in [5.41, 5.74) is 5.74. The number of thioether (sulfide) groups is 1. The van der Waals surface area contributed by atoms with Crippen LogP contribution < -0.4 is 27.0 Å². The number of nitrogens with two attached hydrogens (primary N) is 1. The lowest BCUT2D eigenvalue weighted by atomic mass is 10.0. The van der Waals surface area contributed by atoms with E-state index in [-0.39, 0.29) is 73.9 Å². The molecule has 0 radical (unpaired) electrons. The number of anilines is 1. The summed E-state index contributed by atoms with van der Waals surface area (Å²) in [6.45, 7) is 1.20. The SMILES string of the molecule is Nc1ncnc2c1ncn2[C@@H]1O[C@H](C(O)OC(=O)c2cccc(S(=O)(=O)F)c2)[C@@H](OC(=O)CNCCOCCOCCNC(=O)CCCC[C@@H]2SC[C@@H]3NC(=O)N[C@@H]32)[C@H]1O. The van der Waals surface area contributed by atoms with Crippen LogP contribution in [-0.4, -0.2) is 156 Å². The molecule has 328 valence electrons. The maximum atomic E-state index is 13.5. The molecule has 0 aliphatic carbocycles. The van der Waals surface area contributed by atoms with Crippen LogP contribution in [0.3, 0.4) is 0 Å². The van der Waals surface area contributed by atoms with Crippen molar-refractivity contribution in [3.05, 3.63) is 42.5 Å². The molecular weight excluding hydrogens is 838 g/mol. The molecule has 8 atom stereocenters. The molecule has 22 nitrogen and oxygen atoms in total. The Hall–Kier alpha value is -4.76. The van der Waals surface area contributed by atoms with Gasteiger partial charge in [0.2, 0.25) is 12.2 Å². The molecule has 5 heterocycles. The third kappa shape index (κ3) is 11.5. The number of hydrogen-bond acceptors (Lipinski definition) is 19. The third-order valence-electron chi connectivity index (χ3n) is 9.75. The average Bonchev–Trinajstić information content (AvgIpc) is 3.98. The highest BCUT2D eigenvalue weighted by Crippen LogP contribution is 2.36. The Morgan fingerprint density at radius 3 is 2.67 bits per heavy atom. The van der Waals surface area contributed by atoms with E-state index < -0.39 is 63.5 Å². The van der Waals surface area contributed by atoms with Crippen molar-refractivity contribution in [2.75, 3.05) is 57.5 Å². The van der Waals surface area contributed by atoms with Gasteiger partial charge < -0.3 is 60.9 Å². The number of aromatic nitrogens is 4. The monoisotopic (exact) mass is 883 g/mol. The van der Waals surface area contributed by atoms with Gasteiger partial charge in [0.05, 0.1) is 61.8 Å². The topological polar surface area (TPSA) is 307 Å². The van der Waals surface area contributed by atoms with Gasteiger partial charge in [-0.05, 0) is 31.0 Å². The number of benzene rings is 1. The van der Waals surface area contributed by atoms with Crippen LogP contribution in [0.2, 0.25) is 0 Å². The summed E-state index contributed by atoms with van der Waals surface area (Å²) in [5, 5.41) is 34.2. The van der Waals surface area contributed by atoms with Crippen molar-refractivity contribution in [2.24, 2.45) is 0 Å². The number of nitrogen functional groups attached to an aromatic ring is 1. The molecule has 0 bridgehead atoms. The molecule has 1 unspecified atom stereocenters. The van der Waals surface area contributed by atoms with Gasteiger partial charge in [0.25, 0.3) is 0 Å². The van der Waals surface area contributed by atoms with E-state index in [0.29, 0.717) is 30.9 Å². The van der Waals surface area contributed by atoms with Crippen LogP contribution in [0.5, 0.6) is 0 Å². The van der Waals surface area contributed by atoms with Crippen molar-refractivity contribution in [3.8, 4) is 0 Å². The van der Waals surface area contributed by atoms with Gasteiger partial charge in [-0.3, -0.25) is 14.2 Å². The molecule has 0 saturated carbocycles. The number of rotatable bonds is 22. The second-order valence-corrected chi connectivity index (χ2v) is 16.5. The molecule has 3 amide bonds. The number of carbonyl (C=O) groups is 4. The number of nitrogens with zero attached hydrogens (tertiary/aromatic N) is 4. The molecule has 60 heavy (non-hydrogen) atoms. The molecule has 3 saturated heterocycles. The number of urea groups is 1. The standard InChI is InChI=1S/C35H46FN9O13S2/c36-60(52,53)20-5-3-4-19(14-20)33(49)58-34(50)29-28(27(48)32(57-29)45-18-42-26-30(37)40-17-41-31(26)45)56-24(47)15-38-8-10-54-12-13-55-11-9-39-23(46)7-2-1-6-22-25-21(16-59-22)43-35(51)44-25/h3-5,14,17-18,21-22,25,27-29,32,34,38,48,50H,1-2,6-13,15-16H2,(H,39,46)(H2,37,40,41)(H2,43,44,51)/t21-,22-,25-,27+,28-,29-,32+,34?/m0/s1. The van der Waals surface area contributed by atoms with E-state index in [1.54, 1.807) is 0 Å². The van der Waals surface area contributed by atoms with Gasteiger partial charge in [0.1, 0.15) is 17.9 Å². The number of amides is 3. The van der Waals surface area contributed by atoms with Crippen LogP contribution in [-0.2, 0) is 43.5 Å². The number of fused-ring (bicyclic) bond motifs is 2. The first-order chi connectivity index (χ1) is 28.8. The first-order valence-corrected chi connectivity index (χ1v) is 21.4. The van der Waals surface area contributed by atoms with Gasteiger partial charge in [-0.2, -0.15) is 20.2 Å². The van der Waals surface area contributed by atoms with E-state index in [4.69, 9.17) is 29.4 Å². The zero-order chi connectivity index (χ0) is 42.8. The molecule has 0 spiro atoms. The molecular formula is C35H46FN9O13S2. The van der Waals surface area contributed by atoms with Gasteiger partial charge in [-0.1, -0.05) is 12.5 Å². The highest BCUT2D eigenvalue weighted by molar-refractivity contribution is 8.00. The summed E-state index contributed by atoms with van der Waals surface area (Å²) in [4.78, 5) is 60.7. The second kappa shape index (κ2) is 20.7. The van der Waals surface area contributed by atoms with Crippen LogP contribution in [0, 0.1) is 0 Å². The largest absolute Gasteiger partial charge is 0.455 e. The van der Waals surface area contributed by atoms with Crippen LogP contribution in [0.25, 0.3) is 11.2 Å². The summed E-state index contributed by atoms with van der Waals surface area (Å²) in [6.07, 6.45) is -3.23. The normalized spacial score (nSPS) is 24.1. The van der Waals surface area contributed by atoms with Crippen molar-refractivity contribution in [1.82, 2.24) is 40.8 Å². The van der Waals surface area contributed by atoms with Gasteiger partial charge >= 0.3 is 28.2 Å². The fraction of sp³-hybridized carbons (Fsp3) is 0.571. The predicted molar refractivity (Wildman–Crippen MR) is 207 cm³/mol. The van der Waals surface area contributed by atoms with Gasteiger partial charge in [0.15, 0.2) is 29.9 Å². The van der Waals surface area contributed by atoms with E-state index in [2.05, 4.69) is 36.2 Å². The fourth-order valence-electron chi connectivity index (χ4n) is 6.82. The summed E-state index contributed by atoms with van der Waals surface area (Å²) in [7, 11) is -5.17. The lowest BCUT2D eigenvalue weighted by Gasteiger charge is -2.24. The van der Waals surface area contributed by atoms with Crippen molar-refractivity contribution in [3.63, 3.8) is 0 Å². The number of halogens is 1. The number of nitrogens with one attached hydrogen (secondary N) is 4. The quantitative estimate of drug-likeness (QED) is 0.0207. The van der Waals surface area contributed by atoms with Gasteiger partial charge in [0, 0.05) is 30.5 Å². The maximum Gasteiger partial charge on any atom is 0.340 e. The Labute approximate surface area is 347 Å². The molecule has 3 aliphatic heterocycles. The predicted octanol–water partition coefficient (Wildman–Crippen LogP) is -1.12. The van der Waals surface area contributed by atoms with Crippen LogP contribution in [0.4, 0.5) is 14.5 Å². The van der Waals surface area contributed by atoms with Crippen molar-refractivity contribution in [1.29, 1.82) is 0 Å². The first-order valence-electron chi connectivity index (χ1n) is 19.0. The van der Waals surface area contributed by atoms with Gasteiger partial charge in [-0.15, -0.1) is 3.89 Å². The number of ether oxygens (including phenoxy) is 5. The number of aliphatic hydroxyl groups is 2. The van der Waals surface area contributed by atoms with Crippen LogP contribution in [0.1, 0.15) is 42.3 Å². The number of imidazole rings is 1. The zero-order valence-corrected chi connectivity index (χ0v) is 33.6. The zero-order valence-electron chi connectivity index (χ0n) is 32.0. The highest BCUT2D eigenvalue weighted by atomic mass is 32.3. The van der Waals surface area contributed by atoms with Crippen molar-refractivity contribution in [2.45, 2.75) is 78.7 Å². The summed E-state index contributed by atoms with van der Waals surface area (Å²) < 4.78 is 64.9. The van der Waals surface area contributed by atoms with E-state index in [9.17, 15) is 41.7 Å². The average molecular weight is 884 g/mol. The van der Waals surface area contributed by atoms with Crippen molar-refractivity contribution < 1.29 is 65.4 Å². The molecule has 2 aromatic heterocycles. The van der Waals surface area contributed by atoms with E-state index in [1.807, 2.05) is 11.8 Å². The fourth-order valence-corrected chi connectivity index (χ4v) is 8.88. The van der Waals surface area contributed by atoms with E-state index in [0.717, 1.165) is 49.5 Å². The molecule has 3 aliphatic rings. The lowest BCUT2D eigenvalue weighted by Crippen LogP contribution is -2.45. The minimum atomic E-state index is -5.17. The summed E-state index contributed by atoms with van der Waals surface area (Å²) in [6, 6.07) is 4.07. The summed E-state index contributed by atoms with van der Waals surface area (Å²) >= 11 is 1.85. The Kier molecular flexibility index (Phi) is 15.4. The Morgan fingerprint density at radius 2 is 1.88 bits per heavy atom. The molecule has 3 fully saturated rings.